The van der Waals surface area contributed by atoms with E-state index in [1.54, 1.807) is 30.6 Å². The Morgan fingerprint density at radius 3 is 2.65 bits per heavy atom. The molecule has 0 aliphatic heterocycles. The van der Waals surface area contributed by atoms with Gasteiger partial charge in [0.25, 0.3) is 0 Å². The van der Waals surface area contributed by atoms with Gasteiger partial charge < -0.3 is 15.8 Å². The molecule has 9 heteroatoms. The van der Waals surface area contributed by atoms with Crippen LogP contribution in [0.2, 0.25) is 5.02 Å². The normalized spacial score (nSPS) is 14.2. The fourth-order valence-corrected chi connectivity index (χ4v) is 5.80. The summed E-state index contributed by atoms with van der Waals surface area (Å²) in [5.41, 5.74) is 7.97. The second kappa shape index (κ2) is 11.9. The number of carbonyl (C=O) groups is 1. The number of carbonyl (C=O) groups excluding carboxylic acids is 1. The molecule has 0 saturated carbocycles. The third kappa shape index (κ3) is 6.21. The molecule has 1 amide bonds. The van der Waals surface area contributed by atoms with Crippen molar-refractivity contribution in [2.45, 2.75) is 55.0 Å². The lowest BCUT2D eigenvalue weighted by molar-refractivity contribution is -0.121. The summed E-state index contributed by atoms with van der Waals surface area (Å²) in [5, 5.41) is 5.08. The predicted octanol–water partition coefficient (Wildman–Crippen LogP) is 3.12. The number of ether oxygens (including phenoxy) is 1. The van der Waals surface area contributed by atoms with Gasteiger partial charge in [0.2, 0.25) is 15.7 Å². The van der Waals surface area contributed by atoms with Crippen LogP contribution in [0.15, 0.2) is 70.7 Å². The number of pyridine rings is 1. The molecule has 3 N–H and O–H groups in total. The third-order valence-corrected chi connectivity index (χ3v) is 8.31. The summed E-state index contributed by atoms with van der Waals surface area (Å²) in [6.45, 7) is 2.70. The SMILES string of the molecule is CCCOc1ccc(S(=O)(=O)c2ccc(CNC(=O)C(N)C3=c4cnccc4=CCCC3)cc2)cc1Cl. The summed E-state index contributed by atoms with van der Waals surface area (Å²) in [7, 11) is -3.77. The van der Waals surface area contributed by atoms with Gasteiger partial charge in [-0.25, -0.2) is 8.42 Å². The van der Waals surface area contributed by atoms with Gasteiger partial charge in [0, 0.05) is 24.2 Å². The zero-order valence-corrected chi connectivity index (χ0v) is 22.2. The van der Waals surface area contributed by atoms with Crippen LogP contribution in [-0.2, 0) is 21.2 Å². The summed E-state index contributed by atoms with van der Waals surface area (Å²) in [5.74, 6) is 0.162. The number of nitrogens with two attached hydrogens (primary N) is 1. The smallest absolute Gasteiger partial charge is 0.241 e. The number of nitrogens with zero attached hydrogens (tertiary/aromatic N) is 1. The third-order valence-electron chi connectivity index (χ3n) is 6.25. The molecule has 0 radical (unpaired) electrons. The fourth-order valence-electron chi connectivity index (χ4n) is 4.22. The molecule has 2 aromatic carbocycles. The number of sulfone groups is 1. The van der Waals surface area contributed by atoms with Crippen LogP contribution in [0.25, 0.3) is 11.6 Å². The highest BCUT2D eigenvalue weighted by Gasteiger charge is 2.21. The molecule has 1 atom stereocenters. The van der Waals surface area contributed by atoms with E-state index in [0.717, 1.165) is 47.3 Å². The van der Waals surface area contributed by atoms with E-state index in [1.165, 1.54) is 24.3 Å². The number of amides is 1. The Morgan fingerprint density at radius 2 is 1.92 bits per heavy atom. The molecule has 1 aliphatic rings. The quantitative estimate of drug-likeness (QED) is 0.432. The monoisotopic (exact) mass is 539 g/mol. The Balaban J connectivity index is 1.44. The van der Waals surface area contributed by atoms with Crippen molar-refractivity contribution in [3.63, 3.8) is 0 Å². The van der Waals surface area contributed by atoms with E-state index in [0.29, 0.717) is 12.4 Å². The molecular weight excluding hydrogens is 510 g/mol. The van der Waals surface area contributed by atoms with Crippen LogP contribution in [0.4, 0.5) is 0 Å². The van der Waals surface area contributed by atoms with E-state index < -0.39 is 15.9 Å². The molecule has 0 fully saturated rings. The van der Waals surface area contributed by atoms with E-state index in [9.17, 15) is 13.2 Å². The largest absolute Gasteiger partial charge is 0.492 e. The molecule has 37 heavy (non-hydrogen) atoms. The van der Waals surface area contributed by atoms with Crippen LogP contribution in [0.5, 0.6) is 5.75 Å². The van der Waals surface area contributed by atoms with Crippen molar-refractivity contribution in [1.82, 2.24) is 10.3 Å². The summed E-state index contributed by atoms with van der Waals surface area (Å²) >= 11 is 6.23. The second-order valence-corrected chi connectivity index (χ2v) is 11.2. The molecule has 1 heterocycles. The average molecular weight is 540 g/mol. The number of hydrogen-bond donors (Lipinski definition) is 2. The number of rotatable bonds is 9. The number of aromatic nitrogens is 1. The molecular formula is C28H30ClN3O4S. The van der Waals surface area contributed by atoms with Crippen LogP contribution in [0, 0.1) is 0 Å². The van der Waals surface area contributed by atoms with Gasteiger partial charge in [0.15, 0.2) is 0 Å². The van der Waals surface area contributed by atoms with E-state index in [1.807, 2.05) is 13.0 Å². The second-order valence-electron chi connectivity index (χ2n) is 8.87. The highest BCUT2D eigenvalue weighted by molar-refractivity contribution is 7.91. The lowest BCUT2D eigenvalue weighted by Gasteiger charge is -2.16. The highest BCUT2D eigenvalue weighted by Crippen LogP contribution is 2.30. The van der Waals surface area contributed by atoms with E-state index in [-0.39, 0.29) is 27.3 Å². The first-order valence-electron chi connectivity index (χ1n) is 12.2. The van der Waals surface area contributed by atoms with Crippen LogP contribution in [0.3, 0.4) is 0 Å². The fraction of sp³-hybridized carbons (Fsp3) is 0.286. The van der Waals surface area contributed by atoms with Gasteiger partial charge in [-0.15, -0.1) is 0 Å². The van der Waals surface area contributed by atoms with Crippen LogP contribution >= 0.6 is 11.6 Å². The number of halogens is 1. The maximum atomic E-state index is 13.1. The number of hydrogen-bond acceptors (Lipinski definition) is 6. The first-order chi connectivity index (χ1) is 17.8. The number of benzene rings is 2. The Kier molecular flexibility index (Phi) is 8.63. The van der Waals surface area contributed by atoms with Crippen molar-refractivity contribution >= 4 is 39.0 Å². The highest BCUT2D eigenvalue weighted by atomic mass is 35.5. The molecule has 0 saturated heterocycles. The Morgan fingerprint density at radius 1 is 1.16 bits per heavy atom. The number of nitrogens with one attached hydrogen (secondary N) is 1. The minimum atomic E-state index is -3.77. The summed E-state index contributed by atoms with van der Waals surface area (Å²) < 4.78 is 31.7. The average Bonchev–Trinajstić information content (AvgIpc) is 3.13. The predicted molar refractivity (Wildman–Crippen MR) is 144 cm³/mol. The molecule has 4 rings (SSSR count). The van der Waals surface area contributed by atoms with Crippen molar-refractivity contribution in [1.29, 1.82) is 0 Å². The molecule has 0 bridgehead atoms. The molecule has 7 nitrogen and oxygen atoms in total. The lowest BCUT2D eigenvalue weighted by Crippen LogP contribution is -2.44. The van der Waals surface area contributed by atoms with Crippen molar-refractivity contribution in [3.8, 4) is 5.75 Å². The van der Waals surface area contributed by atoms with Gasteiger partial charge in [-0.3, -0.25) is 9.78 Å². The van der Waals surface area contributed by atoms with Gasteiger partial charge in [-0.1, -0.05) is 36.7 Å². The van der Waals surface area contributed by atoms with E-state index in [2.05, 4.69) is 16.4 Å². The minimum Gasteiger partial charge on any atom is -0.492 e. The first-order valence-corrected chi connectivity index (χ1v) is 14.1. The first kappa shape index (κ1) is 26.9. The lowest BCUT2D eigenvalue weighted by atomic mass is 10.00. The van der Waals surface area contributed by atoms with Crippen molar-refractivity contribution < 1.29 is 17.9 Å². The number of fused-ring (bicyclic) bond motifs is 1. The zero-order valence-electron chi connectivity index (χ0n) is 20.6. The van der Waals surface area contributed by atoms with Gasteiger partial charge in [-0.2, -0.15) is 0 Å². The van der Waals surface area contributed by atoms with E-state index in [4.69, 9.17) is 22.1 Å². The zero-order chi connectivity index (χ0) is 26.4. The maximum Gasteiger partial charge on any atom is 0.241 e. The van der Waals surface area contributed by atoms with Crippen molar-refractivity contribution in [3.05, 3.63) is 81.9 Å². The summed E-state index contributed by atoms with van der Waals surface area (Å²) in [6.07, 6.45) is 9.03. The summed E-state index contributed by atoms with van der Waals surface area (Å²) in [6, 6.07) is 12.0. The van der Waals surface area contributed by atoms with Gasteiger partial charge in [-0.05, 0) is 78.4 Å². The molecule has 3 aromatic rings. The Hall–Kier alpha value is -3.20. The molecule has 1 aromatic heterocycles. The topological polar surface area (TPSA) is 111 Å². The Bertz CT molecular complexity index is 1510. The maximum absolute atomic E-state index is 13.1. The van der Waals surface area contributed by atoms with Crippen LogP contribution in [-0.4, -0.2) is 32.0 Å². The molecule has 194 valence electrons. The van der Waals surface area contributed by atoms with Crippen molar-refractivity contribution in [2.24, 2.45) is 5.73 Å². The van der Waals surface area contributed by atoms with Crippen LogP contribution in [0.1, 0.15) is 38.2 Å². The molecule has 0 spiro atoms. The standard InChI is InChI=1S/C28H30ClN3O4S/c1-2-15-36-26-12-11-22(16-25(26)29)37(34,35)21-9-7-19(8-10-21)17-32-28(33)27(30)23-6-4-3-5-20-13-14-31-18-24(20)23/h5,7-14,16,18,27H,2-4,6,15,17,30H2,1H3,(H,32,33). The van der Waals surface area contributed by atoms with Crippen molar-refractivity contribution in [2.75, 3.05) is 6.61 Å². The minimum absolute atomic E-state index is 0.0841. The van der Waals surface area contributed by atoms with Gasteiger partial charge >= 0.3 is 0 Å². The molecule has 1 aliphatic carbocycles. The molecule has 1 unspecified atom stereocenters. The van der Waals surface area contributed by atoms with Gasteiger partial charge in [0.05, 0.1) is 21.4 Å². The summed E-state index contributed by atoms with van der Waals surface area (Å²) in [4.78, 5) is 17.3. The van der Waals surface area contributed by atoms with Crippen LogP contribution < -0.4 is 26.2 Å². The van der Waals surface area contributed by atoms with E-state index >= 15 is 0 Å². The van der Waals surface area contributed by atoms with Gasteiger partial charge in [0.1, 0.15) is 11.8 Å². The Labute approximate surface area is 221 Å².